The van der Waals surface area contributed by atoms with Crippen molar-refractivity contribution in [3.63, 3.8) is 0 Å². The number of nitrogens with two attached hydrogens (primary N) is 1. The lowest BCUT2D eigenvalue weighted by Crippen LogP contribution is -2.59. The van der Waals surface area contributed by atoms with Crippen molar-refractivity contribution in [2.75, 3.05) is 19.8 Å². The van der Waals surface area contributed by atoms with Crippen LogP contribution in [-0.2, 0) is 14.9 Å². The summed E-state index contributed by atoms with van der Waals surface area (Å²) in [5, 5.41) is 8.89. The lowest BCUT2D eigenvalue weighted by Gasteiger charge is -2.45. The van der Waals surface area contributed by atoms with Crippen molar-refractivity contribution in [3.05, 3.63) is 29.8 Å². The first-order chi connectivity index (χ1) is 9.08. The summed E-state index contributed by atoms with van der Waals surface area (Å²) in [6, 6.07) is 7.19. The van der Waals surface area contributed by atoms with Crippen LogP contribution in [0.4, 0.5) is 0 Å². The highest BCUT2D eigenvalue weighted by atomic mass is 16.5. The van der Waals surface area contributed by atoms with E-state index in [1.807, 2.05) is 31.2 Å². The fourth-order valence-corrected chi connectivity index (χ4v) is 2.35. The smallest absolute Gasteiger partial charge is 0.304 e. The molecule has 1 fully saturated rings. The lowest BCUT2D eigenvalue weighted by molar-refractivity contribution is -0.140. The van der Waals surface area contributed by atoms with E-state index < -0.39 is 12.0 Å². The minimum Gasteiger partial charge on any atom is -0.494 e. The van der Waals surface area contributed by atoms with Gasteiger partial charge in [-0.1, -0.05) is 12.1 Å². The molecule has 1 aromatic carbocycles. The number of ether oxygens (including phenoxy) is 2. The summed E-state index contributed by atoms with van der Waals surface area (Å²) in [4.78, 5) is 10.8. The van der Waals surface area contributed by atoms with E-state index in [4.69, 9.17) is 20.3 Å². The minimum atomic E-state index is -0.885. The number of carboxylic acids is 1. The van der Waals surface area contributed by atoms with Gasteiger partial charge in [-0.05, 0) is 24.6 Å². The van der Waals surface area contributed by atoms with Crippen LogP contribution in [0.15, 0.2) is 24.3 Å². The third kappa shape index (κ3) is 2.72. The Hall–Kier alpha value is -1.59. The standard InChI is InChI=1S/C14H19NO4/c1-2-19-11-5-3-10(4-6-11)14(8-18-9-14)12(15)7-13(16)17/h3-6,12H,2,7-9,15H2,1H3,(H,16,17). The fourth-order valence-electron chi connectivity index (χ4n) is 2.35. The van der Waals surface area contributed by atoms with Crippen molar-refractivity contribution in [2.45, 2.75) is 24.8 Å². The van der Waals surface area contributed by atoms with Crippen LogP contribution in [0, 0.1) is 0 Å². The molecule has 1 saturated heterocycles. The Bertz CT molecular complexity index is 439. The molecule has 0 aliphatic carbocycles. The Morgan fingerprint density at radius 2 is 2.11 bits per heavy atom. The Kier molecular flexibility index (Phi) is 4.07. The van der Waals surface area contributed by atoms with Crippen LogP contribution in [0.2, 0.25) is 0 Å². The first-order valence-electron chi connectivity index (χ1n) is 6.37. The van der Waals surface area contributed by atoms with Gasteiger partial charge in [0.05, 0.1) is 31.7 Å². The second-order valence-corrected chi connectivity index (χ2v) is 4.81. The first-order valence-corrected chi connectivity index (χ1v) is 6.37. The summed E-state index contributed by atoms with van der Waals surface area (Å²) in [5.74, 6) is -0.0850. The molecule has 1 aliphatic heterocycles. The first kappa shape index (κ1) is 13.8. The van der Waals surface area contributed by atoms with Crippen LogP contribution in [0.25, 0.3) is 0 Å². The van der Waals surface area contributed by atoms with Crippen molar-refractivity contribution in [3.8, 4) is 5.75 Å². The topological polar surface area (TPSA) is 81.8 Å². The normalized spacial score (nSPS) is 18.4. The zero-order valence-corrected chi connectivity index (χ0v) is 11.0. The molecule has 0 amide bonds. The van der Waals surface area contributed by atoms with Crippen LogP contribution in [-0.4, -0.2) is 36.9 Å². The molecule has 0 radical (unpaired) electrons. The highest BCUT2D eigenvalue weighted by Gasteiger charge is 2.46. The highest BCUT2D eigenvalue weighted by Crippen LogP contribution is 2.36. The molecule has 1 aliphatic rings. The van der Waals surface area contributed by atoms with Crippen LogP contribution in [0.1, 0.15) is 18.9 Å². The van der Waals surface area contributed by atoms with Gasteiger partial charge < -0.3 is 20.3 Å². The van der Waals surface area contributed by atoms with Crippen molar-refractivity contribution < 1.29 is 19.4 Å². The molecule has 3 N–H and O–H groups in total. The maximum absolute atomic E-state index is 10.8. The van der Waals surface area contributed by atoms with Gasteiger partial charge in [0.15, 0.2) is 0 Å². The Balaban J connectivity index is 2.18. The van der Waals surface area contributed by atoms with Gasteiger partial charge in [0.1, 0.15) is 5.75 Å². The average molecular weight is 265 g/mol. The molecule has 2 rings (SSSR count). The van der Waals surface area contributed by atoms with Gasteiger partial charge in [0, 0.05) is 6.04 Å². The monoisotopic (exact) mass is 265 g/mol. The zero-order chi connectivity index (χ0) is 13.9. The van der Waals surface area contributed by atoms with E-state index in [0.29, 0.717) is 19.8 Å². The van der Waals surface area contributed by atoms with Gasteiger partial charge in [-0.15, -0.1) is 0 Å². The summed E-state index contributed by atoms with van der Waals surface area (Å²) < 4.78 is 10.7. The number of benzene rings is 1. The Morgan fingerprint density at radius 1 is 1.47 bits per heavy atom. The minimum absolute atomic E-state index is 0.0590. The lowest BCUT2D eigenvalue weighted by atomic mass is 9.71. The van der Waals surface area contributed by atoms with E-state index in [1.54, 1.807) is 0 Å². The van der Waals surface area contributed by atoms with Crippen molar-refractivity contribution in [1.29, 1.82) is 0 Å². The van der Waals surface area contributed by atoms with E-state index in [9.17, 15) is 4.79 Å². The summed E-state index contributed by atoms with van der Waals surface area (Å²) >= 11 is 0. The van der Waals surface area contributed by atoms with E-state index >= 15 is 0 Å². The van der Waals surface area contributed by atoms with Crippen molar-refractivity contribution >= 4 is 5.97 Å². The molecule has 0 bridgehead atoms. The van der Waals surface area contributed by atoms with Crippen LogP contribution in [0.5, 0.6) is 5.75 Å². The third-order valence-corrected chi connectivity index (χ3v) is 3.56. The molecule has 0 spiro atoms. The molecule has 1 unspecified atom stereocenters. The summed E-state index contributed by atoms with van der Waals surface area (Å²) in [5.41, 5.74) is 6.68. The molecule has 0 aromatic heterocycles. The molecule has 5 nitrogen and oxygen atoms in total. The highest BCUT2D eigenvalue weighted by molar-refractivity contribution is 5.68. The average Bonchev–Trinajstić information content (AvgIpc) is 2.29. The predicted molar refractivity (Wildman–Crippen MR) is 70.3 cm³/mol. The molecule has 0 saturated carbocycles. The second kappa shape index (κ2) is 5.59. The third-order valence-electron chi connectivity index (χ3n) is 3.56. The van der Waals surface area contributed by atoms with Crippen molar-refractivity contribution in [1.82, 2.24) is 0 Å². The molecule has 19 heavy (non-hydrogen) atoms. The van der Waals surface area contributed by atoms with Gasteiger partial charge >= 0.3 is 5.97 Å². The second-order valence-electron chi connectivity index (χ2n) is 4.81. The number of hydrogen-bond acceptors (Lipinski definition) is 4. The van der Waals surface area contributed by atoms with E-state index in [0.717, 1.165) is 11.3 Å². The Morgan fingerprint density at radius 3 is 2.53 bits per heavy atom. The van der Waals surface area contributed by atoms with Crippen LogP contribution < -0.4 is 10.5 Å². The Labute approximate surface area is 112 Å². The van der Waals surface area contributed by atoms with E-state index in [2.05, 4.69) is 0 Å². The molecular formula is C14H19NO4. The molecule has 5 heteroatoms. The van der Waals surface area contributed by atoms with Gasteiger partial charge in [0.25, 0.3) is 0 Å². The van der Waals surface area contributed by atoms with E-state index in [1.165, 1.54) is 0 Å². The van der Waals surface area contributed by atoms with Crippen LogP contribution in [0.3, 0.4) is 0 Å². The SMILES string of the molecule is CCOc1ccc(C2(C(N)CC(=O)O)COC2)cc1. The maximum atomic E-state index is 10.8. The van der Waals surface area contributed by atoms with Gasteiger partial charge in [-0.2, -0.15) is 0 Å². The number of carboxylic acid groups (broad SMARTS) is 1. The van der Waals surface area contributed by atoms with E-state index in [-0.39, 0.29) is 11.8 Å². The number of hydrogen-bond donors (Lipinski definition) is 2. The number of rotatable bonds is 6. The molecule has 1 aromatic rings. The predicted octanol–water partition coefficient (Wildman–Crippen LogP) is 1.16. The number of aliphatic carboxylic acids is 1. The molecule has 1 heterocycles. The molecular weight excluding hydrogens is 246 g/mol. The number of carbonyl (C=O) groups is 1. The molecule has 104 valence electrons. The van der Waals surface area contributed by atoms with Crippen molar-refractivity contribution in [2.24, 2.45) is 5.73 Å². The summed E-state index contributed by atoms with van der Waals surface area (Å²) in [6.07, 6.45) is -0.0590. The van der Waals surface area contributed by atoms with Gasteiger partial charge in [-0.3, -0.25) is 4.79 Å². The summed E-state index contributed by atoms with van der Waals surface area (Å²) in [6.45, 7) is 3.48. The maximum Gasteiger partial charge on any atom is 0.304 e. The van der Waals surface area contributed by atoms with Gasteiger partial charge in [0.2, 0.25) is 0 Å². The van der Waals surface area contributed by atoms with Crippen LogP contribution >= 0.6 is 0 Å². The quantitative estimate of drug-likeness (QED) is 0.806. The largest absolute Gasteiger partial charge is 0.494 e. The zero-order valence-electron chi connectivity index (χ0n) is 11.0. The fraction of sp³-hybridized carbons (Fsp3) is 0.500. The van der Waals surface area contributed by atoms with Gasteiger partial charge in [-0.25, -0.2) is 0 Å². The summed E-state index contributed by atoms with van der Waals surface area (Å²) in [7, 11) is 0. The molecule has 1 atom stereocenters.